The van der Waals surface area contributed by atoms with Crippen molar-refractivity contribution in [2.24, 2.45) is 0 Å². The van der Waals surface area contributed by atoms with Gasteiger partial charge in [-0.25, -0.2) is 9.59 Å². The molecule has 0 saturated carbocycles. The fourth-order valence-corrected chi connectivity index (χ4v) is 3.61. The summed E-state index contributed by atoms with van der Waals surface area (Å²) < 4.78 is 10.5. The monoisotopic (exact) mass is 286 g/mol. The van der Waals surface area contributed by atoms with Crippen molar-refractivity contribution in [1.82, 2.24) is 0 Å². The van der Waals surface area contributed by atoms with Crippen molar-refractivity contribution in [3.05, 3.63) is 35.1 Å². The van der Waals surface area contributed by atoms with E-state index in [1.807, 2.05) is 0 Å². The summed E-state index contributed by atoms with van der Waals surface area (Å²) in [6.07, 6.45) is 2.90. The first-order chi connectivity index (χ1) is 8.70. The van der Waals surface area contributed by atoms with E-state index in [4.69, 9.17) is 9.47 Å². The van der Waals surface area contributed by atoms with Crippen molar-refractivity contribution >= 4 is 35.5 Å². The van der Waals surface area contributed by atoms with Crippen molar-refractivity contribution in [3.8, 4) is 0 Å². The van der Waals surface area contributed by atoms with Gasteiger partial charge in [0.25, 0.3) is 0 Å². The number of hydrogen-bond donors (Lipinski definition) is 0. The lowest BCUT2D eigenvalue weighted by Gasteiger charge is -2.08. The molecule has 0 N–H and O–H groups in total. The molecular weight excluding hydrogens is 272 g/mol. The number of rotatable bonds is 6. The first kappa shape index (κ1) is 14.9. The van der Waals surface area contributed by atoms with E-state index >= 15 is 0 Å². The molecule has 1 aliphatic rings. The van der Waals surface area contributed by atoms with Crippen molar-refractivity contribution in [2.75, 3.05) is 24.7 Å². The smallest absolute Gasteiger partial charge is 0.347 e. The second kappa shape index (κ2) is 8.05. The number of carbonyl (C=O) groups excluding carboxylic acids is 2. The summed E-state index contributed by atoms with van der Waals surface area (Å²) in [4.78, 5) is 23.6. The van der Waals surface area contributed by atoms with Gasteiger partial charge in [-0.15, -0.1) is 23.5 Å². The Kier molecular flexibility index (Phi) is 6.67. The van der Waals surface area contributed by atoms with E-state index in [9.17, 15) is 9.59 Å². The average molecular weight is 286 g/mol. The van der Waals surface area contributed by atoms with Gasteiger partial charge in [0.15, 0.2) is 5.57 Å². The van der Waals surface area contributed by atoms with Gasteiger partial charge in [-0.05, 0) is 0 Å². The highest BCUT2D eigenvalue weighted by molar-refractivity contribution is 8.25. The molecule has 1 saturated heterocycles. The van der Waals surface area contributed by atoms with Gasteiger partial charge in [0.05, 0.1) is 4.24 Å². The highest BCUT2D eigenvalue weighted by atomic mass is 32.2. The van der Waals surface area contributed by atoms with Gasteiger partial charge in [0.1, 0.15) is 13.2 Å². The molecule has 0 unspecified atom stereocenters. The van der Waals surface area contributed by atoms with Crippen LogP contribution in [0.3, 0.4) is 0 Å². The Labute approximate surface area is 114 Å². The molecule has 6 heteroatoms. The van der Waals surface area contributed by atoms with E-state index in [-0.39, 0.29) is 18.8 Å². The van der Waals surface area contributed by atoms with Crippen LogP contribution in [0.4, 0.5) is 0 Å². The maximum Gasteiger partial charge on any atom is 0.347 e. The summed E-state index contributed by atoms with van der Waals surface area (Å²) in [5, 5.41) is 0. The van der Waals surface area contributed by atoms with Crippen LogP contribution >= 0.6 is 23.5 Å². The maximum atomic E-state index is 11.8. The number of ether oxygens (including phenoxy) is 2. The van der Waals surface area contributed by atoms with Gasteiger partial charge >= 0.3 is 11.9 Å². The molecule has 0 aliphatic carbocycles. The standard InChI is InChI=1S/C12H14O4S2/c1-3-5-15-10(13)9(11(14)16-6-4-2)12-17-7-8-18-12/h3-4H,1-2,5-8H2. The normalized spacial score (nSPS) is 13.9. The molecule has 1 rings (SSSR count). The van der Waals surface area contributed by atoms with Crippen LogP contribution < -0.4 is 0 Å². The lowest BCUT2D eigenvalue weighted by Crippen LogP contribution is -2.19. The molecule has 18 heavy (non-hydrogen) atoms. The van der Waals surface area contributed by atoms with E-state index in [1.165, 1.54) is 35.7 Å². The fourth-order valence-electron chi connectivity index (χ4n) is 1.12. The second-order valence-corrected chi connectivity index (χ2v) is 5.60. The zero-order valence-corrected chi connectivity index (χ0v) is 11.5. The van der Waals surface area contributed by atoms with Crippen molar-refractivity contribution in [1.29, 1.82) is 0 Å². The van der Waals surface area contributed by atoms with Gasteiger partial charge < -0.3 is 9.47 Å². The van der Waals surface area contributed by atoms with E-state index < -0.39 is 11.9 Å². The summed E-state index contributed by atoms with van der Waals surface area (Å²) in [6.45, 7) is 7.04. The van der Waals surface area contributed by atoms with Gasteiger partial charge in [0.2, 0.25) is 0 Å². The van der Waals surface area contributed by atoms with Crippen LogP contribution in [-0.2, 0) is 19.1 Å². The Morgan fingerprint density at radius 2 is 1.50 bits per heavy atom. The first-order valence-electron chi connectivity index (χ1n) is 5.26. The van der Waals surface area contributed by atoms with Crippen LogP contribution in [0.5, 0.6) is 0 Å². The molecule has 1 heterocycles. The molecule has 0 aromatic heterocycles. The topological polar surface area (TPSA) is 52.6 Å². The third kappa shape index (κ3) is 4.27. The van der Waals surface area contributed by atoms with Crippen LogP contribution in [0.15, 0.2) is 35.1 Å². The minimum absolute atomic E-state index is 0.0220. The van der Waals surface area contributed by atoms with Gasteiger partial charge in [-0.1, -0.05) is 25.3 Å². The largest absolute Gasteiger partial charge is 0.458 e. The summed E-state index contributed by atoms with van der Waals surface area (Å²) in [6, 6.07) is 0. The van der Waals surface area contributed by atoms with Crippen LogP contribution in [0.2, 0.25) is 0 Å². The quantitative estimate of drug-likeness (QED) is 0.245. The van der Waals surface area contributed by atoms with Crippen LogP contribution in [0, 0.1) is 0 Å². The third-order valence-corrected chi connectivity index (χ3v) is 4.54. The lowest BCUT2D eigenvalue weighted by molar-refractivity contribution is -0.145. The number of thioether (sulfide) groups is 2. The zero-order valence-electron chi connectivity index (χ0n) is 9.85. The number of carbonyl (C=O) groups is 2. The number of esters is 2. The Bertz CT molecular complexity index is 354. The number of hydrogen-bond acceptors (Lipinski definition) is 6. The molecule has 4 nitrogen and oxygen atoms in total. The lowest BCUT2D eigenvalue weighted by atomic mass is 10.3. The van der Waals surface area contributed by atoms with E-state index in [2.05, 4.69) is 13.2 Å². The van der Waals surface area contributed by atoms with Crippen LogP contribution in [0.25, 0.3) is 0 Å². The van der Waals surface area contributed by atoms with E-state index in [0.717, 1.165) is 11.5 Å². The van der Waals surface area contributed by atoms with Crippen molar-refractivity contribution in [3.63, 3.8) is 0 Å². The highest BCUT2D eigenvalue weighted by Crippen LogP contribution is 2.39. The molecular formula is C12H14O4S2. The van der Waals surface area contributed by atoms with Crippen LogP contribution in [0.1, 0.15) is 0 Å². The van der Waals surface area contributed by atoms with Gasteiger partial charge in [-0.2, -0.15) is 0 Å². The minimum atomic E-state index is -0.666. The van der Waals surface area contributed by atoms with Crippen LogP contribution in [-0.4, -0.2) is 36.7 Å². The Morgan fingerprint density at radius 3 is 1.89 bits per heavy atom. The van der Waals surface area contributed by atoms with Crippen molar-refractivity contribution < 1.29 is 19.1 Å². The molecule has 0 amide bonds. The summed E-state index contributed by atoms with van der Waals surface area (Å²) >= 11 is 2.93. The third-order valence-electron chi connectivity index (χ3n) is 1.83. The Hall–Kier alpha value is -1.14. The minimum Gasteiger partial charge on any atom is -0.458 e. The molecule has 0 radical (unpaired) electrons. The van der Waals surface area contributed by atoms with E-state index in [1.54, 1.807) is 0 Å². The van der Waals surface area contributed by atoms with E-state index in [0.29, 0.717) is 4.24 Å². The molecule has 0 aromatic carbocycles. The predicted molar refractivity (Wildman–Crippen MR) is 74.3 cm³/mol. The summed E-state index contributed by atoms with van der Waals surface area (Å²) in [5.74, 6) is 0.404. The molecule has 0 atom stereocenters. The molecule has 0 aromatic rings. The molecule has 1 fully saturated rings. The Balaban J connectivity index is 2.84. The molecule has 98 valence electrons. The summed E-state index contributed by atoms with van der Waals surface area (Å²) in [7, 11) is 0. The molecule has 0 bridgehead atoms. The molecule has 0 spiro atoms. The Morgan fingerprint density at radius 1 is 1.06 bits per heavy atom. The maximum absolute atomic E-state index is 11.8. The van der Waals surface area contributed by atoms with Gasteiger partial charge in [-0.3, -0.25) is 0 Å². The summed E-state index contributed by atoms with van der Waals surface area (Å²) in [5.41, 5.74) is -0.0220. The fraction of sp³-hybridized carbons (Fsp3) is 0.333. The first-order valence-corrected chi connectivity index (χ1v) is 7.23. The average Bonchev–Trinajstić information content (AvgIpc) is 2.87. The zero-order chi connectivity index (χ0) is 13.4. The molecule has 1 aliphatic heterocycles. The SMILES string of the molecule is C=CCOC(=O)C(C(=O)OCC=C)=C1SCCS1. The highest BCUT2D eigenvalue weighted by Gasteiger charge is 2.28. The van der Waals surface area contributed by atoms with Gasteiger partial charge in [0, 0.05) is 11.5 Å². The van der Waals surface area contributed by atoms with Crippen molar-refractivity contribution in [2.45, 2.75) is 0 Å². The second-order valence-electron chi connectivity index (χ2n) is 3.13. The predicted octanol–water partition coefficient (Wildman–Crippen LogP) is 2.14.